The van der Waals surface area contributed by atoms with Gasteiger partial charge in [0.25, 0.3) is 0 Å². The van der Waals surface area contributed by atoms with Crippen molar-refractivity contribution < 1.29 is 67.3 Å². The molecule has 2 rings (SSSR count). The minimum Gasteiger partial charge on any atom is -0.224 e. The topological polar surface area (TPSA) is 273 Å². The lowest BCUT2D eigenvalue weighted by molar-refractivity contribution is 0.567. The van der Waals surface area contributed by atoms with Crippen molar-refractivity contribution in [1.29, 1.82) is 0 Å². The van der Waals surface area contributed by atoms with E-state index in [4.69, 9.17) is 0 Å². The number of sulfone groups is 8. The van der Waals surface area contributed by atoms with Crippen molar-refractivity contribution >= 4 is 89.5 Å². The Bertz CT molecular complexity index is 2150. The van der Waals surface area contributed by atoms with E-state index in [1.54, 1.807) is 0 Å². The zero-order valence-electron chi connectivity index (χ0n) is 22.8. The molecule has 0 unspecified atom stereocenters. The first-order valence-electron chi connectivity index (χ1n) is 10.3. The monoisotopic (exact) mass is 752 g/mol. The van der Waals surface area contributed by atoms with Gasteiger partial charge in [0, 0.05) is 60.8 Å². The van der Waals surface area contributed by atoms with Crippen LogP contribution < -0.4 is 0 Å². The molecular formula is C18H24O16S8. The van der Waals surface area contributed by atoms with Gasteiger partial charge in [-0.2, -0.15) is 0 Å². The lowest BCUT2D eigenvalue weighted by atomic mass is 10.1. The highest BCUT2D eigenvalue weighted by molar-refractivity contribution is 7.98. The van der Waals surface area contributed by atoms with Crippen molar-refractivity contribution in [3.05, 3.63) is 0 Å². The fraction of sp³-hybridized carbons (Fsp3) is 0.444. The molecule has 0 fully saturated rings. The Balaban J connectivity index is 4.45. The quantitative estimate of drug-likeness (QED) is 0.284. The van der Waals surface area contributed by atoms with Crippen LogP contribution in [0, 0.1) is 0 Å². The molecular weight excluding hydrogens is 729 g/mol. The smallest absolute Gasteiger partial charge is 0.178 e. The highest BCUT2D eigenvalue weighted by atomic mass is 32.2. The third-order valence-electron chi connectivity index (χ3n) is 5.36. The molecule has 2 aromatic carbocycles. The molecule has 0 aromatic heterocycles. The van der Waals surface area contributed by atoms with E-state index in [9.17, 15) is 67.3 Å². The maximum Gasteiger partial charge on any atom is 0.178 e. The summed E-state index contributed by atoms with van der Waals surface area (Å²) in [5, 5.41) is -3.33. The molecule has 0 amide bonds. The van der Waals surface area contributed by atoms with Crippen LogP contribution in [0.3, 0.4) is 0 Å². The normalized spacial score (nSPS) is 14.8. The van der Waals surface area contributed by atoms with Crippen molar-refractivity contribution in [3.63, 3.8) is 0 Å². The van der Waals surface area contributed by atoms with E-state index in [0.29, 0.717) is 0 Å². The van der Waals surface area contributed by atoms with E-state index in [1.807, 2.05) is 0 Å². The van der Waals surface area contributed by atoms with E-state index >= 15 is 0 Å². The molecule has 0 bridgehead atoms. The highest BCUT2D eigenvalue weighted by Crippen LogP contribution is 2.50. The van der Waals surface area contributed by atoms with Crippen LogP contribution in [0.4, 0.5) is 0 Å². The Labute approximate surface area is 244 Å². The van der Waals surface area contributed by atoms with Crippen LogP contribution in [0.1, 0.15) is 0 Å². The average Bonchev–Trinajstić information content (AvgIpc) is 2.63. The van der Waals surface area contributed by atoms with E-state index in [1.165, 1.54) is 0 Å². The van der Waals surface area contributed by atoms with Crippen LogP contribution in [0.15, 0.2) is 39.2 Å². The maximum atomic E-state index is 13.2. The van der Waals surface area contributed by atoms with Gasteiger partial charge in [0.05, 0.1) is 19.6 Å². The summed E-state index contributed by atoms with van der Waals surface area (Å²) >= 11 is 0. The fourth-order valence-corrected chi connectivity index (χ4v) is 17.7. The van der Waals surface area contributed by atoms with Gasteiger partial charge in [-0.05, 0) is 0 Å². The van der Waals surface area contributed by atoms with Crippen LogP contribution in [-0.2, 0) is 78.7 Å². The van der Waals surface area contributed by atoms with Crippen LogP contribution in [0.25, 0.3) is 10.8 Å². The van der Waals surface area contributed by atoms with Crippen molar-refractivity contribution in [2.75, 3.05) is 50.0 Å². The van der Waals surface area contributed by atoms with Crippen molar-refractivity contribution in [1.82, 2.24) is 0 Å². The van der Waals surface area contributed by atoms with Gasteiger partial charge in [-0.3, -0.25) is 0 Å². The van der Waals surface area contributed by atoms with Gasteiger partial charge < -0.3 is 0 Å². The summed E-state index contributed by atoms with van der Waals surface area (Å²) in [7, 11) is -42.1. The van der Waals surface area contributed by atoms with Gasteiger partial charge in [-0.1, -0.05) is 0 Å². The zero-order valence-corrected chi connectivity index (χ0v) is 29.3. The Kier molecular flexibility index (Phi) is 8.60. The molecule has 2 aromatic rings. The van der Waals surface area contributed by atoms with Crippen LogP contribution in [0.2, 0.25) is 0 Å². The highest BCUT2D eigenvalue weighted by Gasteiger charge is 2.46. The minimum absolute atomic E-state index is 0.222. The van der Waals surface area contributed by atoms with Gasteiger partial charge in [0.15, 0.2) is 78.7 Å². The minimum atomic E-state index is -5.29. The number of benzene rings is 2. The first-order valence-corrected chi connectivity index (χ1v) is 25.4. The van der Waals surface area contributed by atoms with E-state index in [-0.39, 0.29) is 50.0 Å². The second-order valence-electron chi connectivity index (χ2n) is 9.56. The van der Waals surface area contributed by atoms with Gasteiger partial charge in [-0.25, -0.2) is 67.3 Å². The molecule has 0 atom stereocenters. The largest absolute Gasteiger partial charge is 0.224 e. The van der Waals surface area contributed by atoms with Crippen molar-refractivity contribution in [2.24, 2.45) is 0 Å². The molecule has 42 heavy (non-hydrogen) atoms. The standard InChI is InChI=1S/C18H24O16S8/c1-35(19,20)11-9-10(13(37(3,23)24)16(40(6,29)30)15(11)39(5,27)28)14(38(4,25)26)18(42(8,33)34)17(41(7,31)32)12(9)36(2,21)22/h1-8H3. The lowest BCUT2D eigenvalue weighted by Crippen LogP contribution is -2.24. The predicted octanol–water partition coefficient (Wildman–Crippen LogP) is -1.93. The van der Waals surface area contributed by atoms with Crippen LogP contribution in [0.5, 0.6) is 0 Å². The van der Waals surface area contributed by atoms with Gasteiger partial charge in [-0.15, -0.1) is 0 Å². The molecule has 240 valence electrons. The van der Waals surface area contributed by atoms with Crippen molar-refractivity contribution in [2.45, 2.75) is 39.2 Å². The molecule has 0 saturated heterocycles. The first kappa shape index (κ1) is 36.5. The van der Waals surface area contributed by atoms with Gasteiger partial charge in [0.2, 0.25) is 0 Å². The van der Waals surface area contributed by atoms with E-state index in [0.717, 1.165) is 0 Å². The summed E-state index contributed by atoms with van der Waals surface area (Å²) < 4.78 is 210. The Morgan fingerprint density at radius 3 is 0.381 bits per heavy atom. The maximum absolute atomic E-state index is 13.2. The third-order valence-corrected chi connectivity index (χ3v) is 15.3. The molecule has 0 aliphatic heterocycles. The molecule has 0 N–H and O–H groups in total. The second kappa shape index (κ2) is 9.90. The molecule has 0 aliphatic carbocycles. The Morgan fingerprint density at radius 1 is 0.214 bits per heavy atom. The zero-order chi connectivity index (χ0) is 33.8. The van der Waals surface area contributed by atoms with Crippen LogP contribution in [-0.4, -0.2) is 117 Å². The molecule has 16 nitrogen and oxygen atoms in total. The third kappa shape index (κ3) is 6.53. The number of rotatable bonds is 8. The number of hydrogen-bond acceptors (Lipinski definition) is 16. The SMILES string of the molecule is CS(=O)(=O)c1c(S(C)(=O)=O)c(S(C)(=O)=O)c2c(S(C)(=O)=O)c(S(C)(=O)=O)c(S(C)(=O)=O)c(S(C)(=O)=O)c2c1S(C)(=O)=O. The van der Waals surface area contributed by atoms with Gasteiger partial charge >= 0.3 is 0 Å². The lowest BCUT2D eigenvalue weighted by Gasteiger charge is -2.25. The predicted molar refractivity (Wildman–Crippen MR) is 149 cm³/mol. The summed E-state index contributed by atoms with van der Waals surface area (Å²) in [5.41, 5.74) is 0. The fourth-order valence-electron chi connectivity index (χ4n) is 4.29. The second-order valence-corrected chi connectivity index (χ2v) is 25.2. The van der Waals surface area contributed by atoms with E-state index < -0.39 is 129 Å². The molecule has 0 heterocycles. The molecule has 24 heteroatoms. The average molecular weight is 753 g/mol. The summed E-state index contributed by atoms with van der Waals surface area (Å²) in [4.78, 5) is -14.4. The Hall–Kier alpha value is -1.70. The summed E-state index contributed by atoms with van der Waals surface area (Å²) in [6.45, 7) is 0. The molecule has 0 spiro atoms. The Morgan fingerprint density at radius 2 is 0.310 bits per heavy atom. The number of hydrogen-bond donors (Lipinski definition) is 0. The summed E-state index contributed by atoms with van der Waals surface area (Å²) in [6.07, 6.45) is 1.79. The van der Waals surface area contributed by atoms with Crippen LogP contribution >= 0.6 is 0 Å². The molecule has 0 aliphatic rings. The molecule has 0 radical (unpaired) electrons. The summed E-state index contributed by atoms with van der Waals surface area (Å²) in [6, 6.07) is 0. The molecule has 0 saturated carbocycles. The first-order chi connectivity index (χ1) is 18.0. The van der Waals surface area contributed by atoms with Crippen molar-refractivity contribution in [3.8, 4) is 0 Å². The summed E-state index contributed by atoms with van der Waals surface area (Å²) in [5.74, 6) is 0. The van der Waals surface area contributed by atoms with Gasteiger partial charge in [0.1, 0.15) is 19.6 Å². The number of fused-ring (bicyclic) bond motifs is 1. The van der Waals surface area contributed by atoms with E-state index in [2.05, 4.69) is 0 Å².